The van der Waals surface area contributed by atoms with E-state index in [-0.39, 0.29) is 0 Å². The van der Waals surface area contributed by atoms with Crippen LogP contribution in [0.25, 0.3) is 5.57 Å². The molecule has 2 nitrogen and oxygen atoms in total. The predicted molar refractivity (Wildman–Crippen MR) is 229 cm³/mol. The Morgan fingerprint density at radius 3 is 2.22 bits per heavy atom. The second-order valence-electron chi connectivity index (χ2n) is 12.9. The molecule has 0 heterocycles. The normalized spacial score (nSPS) is 16.7. The second kappa shape index (κ2) is 23.0. The number of hydrogen-bond acceptors (Lipinski definition) is 2. The Labute approximate surface area is 311 Å². The van der Waals surface area contributed by atoms with Crippen molar-refractivity contribution in [3.05, 3.63) is 171 Å². The van der Waals surface area contributed by atoms with Crippen molar-refractivity contribution >= 4 is 17.5 Å². The van der Waals surface area contributed by atoms with Crippen LogP contribution in [0.5, 0.6) is 0 Å². The van der Waals surface area contributed by atoms with Crippen molar-refractivity contribution in [2.24, 2.45) is 4.99 Å². The third-order valence-electron chi connectivity index (χ3n) is 8.64. The molecule has 270 valence electrons. The molecule has 51 heavy (non-hydrogen) atoms. The summed E-state index contributed by atoms with van der Waals surface area (Å²) in [6.07, 6.45) is 22.5. The molecule has 2 unspecified atom stereocenters. The third kappa shape index (κ3) is 12.3. The molecule has 0 aromatic heterocycles. The first-order chi connectivity index (χ1) is 24.8. The average Bonchev–Trinajstić information content (AvgIpc) is 3.15. The monoisotopic (exact) mass is 681 g/mol. The minimum atomic E-state index is 0.308. The second-order valence-corrected chi connectivity index (χ2v) is 12.9. The zero-order valence-corrected chi connectivity index (χ0v) is 33.5. The maximum absolute atomic E-state index is 7.64. The quantitative estimate of drug-likeness (QED) is 0.163. The van der Waals surface area contributed by atoms with Gasteiger partial charge in [0.15, 0.2) is 0 Å². The molecule has 2 aliphatic carbocycles. The Kier molecular flexibility index (Phi) is 19.2. The molecule has 0 saturated heterocycles. The molecular formula is C49H64N2. The molecule has 0 spiro atoms. The van der Waals surface area contributed by atoms with Crippen LogP contribution in [0.3, 0.4) is 0 Å². The molecule has 0 bridgehead atoms. The first-order valence-corrected chi connectivity index (χ1v) is 19.2. The first-order valence-electron chi connectivity index (χ1n) is 19.2. The van der Waals surface area contributed by atoms with E-state index in [4.69, 9.17) is 10.4 Å². The highest BCUT2D eigenvalue weighted by molar-refractivity contribution is 6.10. The number of aryl methyl sites for hydroxylation is 2. The molecule has 3 aromatic rings. The van der Waals surface area contributed by atoms with Gasteiger partial charge in [0.25, 0.3) is 0 Å². The molecule has 0 amide bonds. The van der Waals surface area contributed by atoms with E-state index in [1.54, 1.807) is 0 Å². The summed E-state index contributed by atoms with van der Waals surface area (Å²) in [4.78, 5) is 4.84. The molecule has 0 saturated carbocycles. The van der Waals surface area contributed by atoms with Gasteiger partial charge in [0.1, 0.15) is 0 Å². The number of allylic oxidation sites excluding steroid dienone is 12. The van der Waals surface area contributed by atoms with E-state index in [1.165, 1.54) is 62.7 Å². The Morgan fingerprint density at radius 2 is 1.57 bits per heavy atom. The maximum atomic E-state index is 7.64. The van der Waals surface area contributed by atoms with E-state index in [0.717, 1.165) is 29.7 Å². The topological polar surface area (TPSA) is 36.2 Å². The molecule has 2 atom stereocenters. The fourth-order valence-electron chi connectivity index (χ4n) is 6.31. The molecule has 5 rings (SSSR count). The minimum absolute atomic E-state index is 0.308. The Morgan fingerprint density at radius 1 is 0.902 bits per heavy atom. The summed E-state index contributed by atoms with van der Waals surface area (Å²) in [6, 6.07) is 24.3. The van der Waals surface area contributed by atoms with Gasteiger partial charge in [-0.25, -0.2) is 0 Å². The van der Waals surface area contributed by atoms with Gasteiger partial charge in [-0.2, -0.15) is 0 Å². The van der Waals surface area contributed by atoms with Gasteiger partial charge in [0, 0.05) is 23.6 Å². The van der Waals surface area contributed by atoms with E-state index in [2.05, 4.69) is 164 Å². The van der Waals surface area contributed by atoms with Crippen LogP contribution in [-0.2, 0) is 0 Å². The van der Waals surface area contributed by atoms with Crippen LogP contribution in [0.2, 0.25) is 0 Å². The molecular weight excluding hydrogens is 617 g/mol. The lowest BCUT2D eigenvalue weighted by molar-refractivity contribution is 0.797. The van der Waals surface area contributed by atoms with E-state index >= 15 is 0 Å². The number of rotatable bonds is 10. The zero-order valence-electron chi connectivity index (χ0n) is 33.5. The molecule has 0 radical (unpaired) electrons. The number of aliphatic imine (C=N–C) groups is 1. The fraction of sp³-hybridized carbons (Fsp3) is 0.347. The number of benzene rings is 3. The van der Waals surface area contributed by atoms with Crippen LogP contribution in [0, 0.1) is 19.3 Å². The van der Waals surface area contributed by atoms with Crippen molar-refractivity contribution in [3.8, 4) is 0 Å². The Balaban J connectivity index is 0.00000120. The summed E-state index contributed by atoms with van der Waals surface area (Å²) in [5.41, 5.74) is 15.2. The van der Waals surface area contributed by atoms with Crippen LogP contribution in [0.4, 0.5) is 0 Å². The predicted octanol–water partition coefficient (Wildman–Crippen LogP) is 14.3. The van der Waals surface area contributed by atoms with Crippen molar-refractivity contribution in [1.29, 1.82) is 5.41 Å². The van der Waals surface area contributed by atoms with Gasteiger partial charge in [-0.3, -0.25) is 4.99 Å². The first kappa shape index (κ1) is 42.6. The standard InChI is InChI=1S/C42H44N2.C3H8.2C2H6/c1-29(26-39-36-21-19-32(4)27-40(36)42(39)35-17-10-7-11-18-35)13-12-14-30(2)28-41(44-24-23-43)37-22-20-31(3)25-38(37)33(5)34-15-8-6-9-16-34;1-3-2;2*1-2/h6-8,10-15,17-23,25-28,33,42-43H,9,16,24H2,1-5H3;3H2,1-2H3;2*1-2H3/b14-12-,29-13+,30-28+,39-26?,43-23?,44-41?;;;. The molecule has 0 aliphatic heterocycles. The third-order valence-corrected chi connectivity index (χ3v) is 8.64. The van der Waals surface area contributed by atoms with Crippen molar-refractivity contribution in [2.45, 2.75) is 107 Å². The highest BCUT2D eigenvalue weighted by Crippen LogP contribution is 2.50. The van der Waals surface area contributed by atoms with Gasteiger partial charge in [0.2, 0.25) is 0 Å². The van der Waals surface area contributed by atoms with Gasteiger partial charge < -0.3 is 5.41 Å². The van der Waals surface area contributed by atoms with Crippen molar-refractivity contribution in [3.63, 3.8) is 0 Å². The van der Waals surface area contributed by atoms with Gasteiger partial charge in [0.05, 0.1) is 12.3 Å². The van der Waals surface area contributed by atoms with Crippen molar-refractivity contribution < 1.29 is 0 Å². The Bertz CT molecular complexity index is 1750. The summed E-state index contributed by atoms with van der Waals surface area (Å²) >= 11 is 0. The lowest BCUT2D eigenvalue weighted by Gasteiger charge is -2.35. The fourth-order valence-corrected chi connectivity index (χ4v) is 6.31. The molecule has 0 fully saturated rings. The smallest absolute Gasteiger partial charge is 0.0742 e. The molecule has 2 aliphatic rings. The number of nitrogens with zero attached hydrogens (tertiary/aromatic N) is 1. The lowest BCUT2D eigenvalue weighted by atomic mass is 9.68. The van der Waals surface area contributed by atoms with Crippen molar-refractivity contribution in [2.75, 3.05) is 6.54 Å². The van der Waals surface area contributed by atoms with E-state index in [1.807, 2.05) is 27.7 Å². The van der Waals surface area contributed by atoms with Crippen LogP contribution >= 0.6 is 0 Å². The lowest BCUT2D eigenvalue weighted by Crippen LogP contribution is -2.17. The highest BCUT2D eigenvalue weighted by atomic mass is 14.7. The number of nitrogens with one attached hydrogen (secondary N) is 1. The number of fused-ring (bicyclic) bond motifs is 1. The van der Waals surface area contributed by atoms with E-state index < -0.39 is 0 Å². The van der Waals surface area contributed by atoms with Crippen LogP contribution in [0.15, 0.2) is 137 Å². The van der Waals surface area contributed by atoms with Crippen LogP contribution in [0.1, 0.15) is 132 Å². The van der Waals surface area contributed by atoms with E-state index in [9.17, 15) is 0 Å². The molecule has 2 heteroatoms. The van der Waals surface area contributed by atoms with Crippen LogP contribution in [-0.4, -0.2) is 18.5 Å². The van der Waals surface area contributed by atoms with Gasteiger partial charge in [-0.05, 0) is 80.0 Å². The maximum Gasteiger partial charge on any atom is 0.0742 e. The largest absolute Gasteiger partial charge is 0.311 e. The number of hydrogen-bond donors (Lipinski definition) is 1. The summed E-state index contributed by atoms with van der Waals surface area (Å²) in [6.45, 7) is 23.6. The van der Waals surface area contributed by atoms with Crippen molar-refractivity contribution in [1.82, 2.24) is 0 Å². The summed E-state index contributed by atoms with van der Waals surface area (Å²) in [7, 11) is 0. The van der Waals surface area contributed by atoms with Gasteiger partial charge in [-0.15, -0.1) is 0 Å². The van der Waals surface area contributed by atoms with Crippen LogP contribution < -0.4 is 0 Å². The highest BCUT2D eigenvalue weighted by Gasteiger charge is 2.32. The Hall–Kier alpha value is -4.56. The summed E-state index contributed by atoms with van der Waals surface area (Å²) in [5.74, 6) is 0.627. The minimum Gasteiger partial charge on any atom is -0.311 e. The van der Waals surface area contributed by atoms with E-state index in [0.29, 0.717) is 18.4 Å². The summed E-state index contributed by atoms with van der Waals surface area (Å²) < 4.78 is 0. The molecule has 1 N–H and O–H groups in total. The summed E-state index contributed by atoms with van der Waals surface area (Å²) in [5, 5.41) is 7.64. The van der Waals surface area contributed by atoms with Gasteiger partial charge >= 0.3 is 0 Å². The average molecular weight is 681 g/mol. The van der Waals surface area contributed by atoms with Gasteiger partial charge in [-0.1, -0.05) is 186 Å². The SMILES string of the molecule is CC.CC.CCC.C\C(C=C1c2ccc(C)cc2C1c1ccccc1)=C/C=C\C(C)=C\C(=NCC=N)c1ccc(C)cc1C(C)C1=CC=CCC1. The molecule has 3 aromatic carbocycles. The zero-order chi connectivity index (χ0) is 37.8.